The summed E-state index contributed by atoms with van der Waals surface area (Å²) in [4.78, 5) is 23.9. The Morgan fingerprint density at radius 2 is 2.07 bits per heavy atom. The van der Waals surface area contributed by atoms with Crippen molar-refractivity contribution in [1.82, 2.24) is 5.32 Å². The minimum Gasteiger partial charge on any atom is -0.495 e. The molecule has 9 heteroatoms. The van der Waals surface area contributed by atoms with E-state index in [1.165, 1.54) is 31.0 Å². The fraction of sp³-hybridized carbons (Fsp3) is 0.389. The van der Waals surface area contributed by atoms with Gasteiger partial charge in [0.25, 0.3) is 11.6 Å². The van der Waals surface area contributed by atoms with E-state index in [4.69, 9.17) is 9.15 Å². The first-order valence-electron chi connectivity index (χ1n) is 8.09. The summed E-state index contributed by atoms with van der Waals surface area (Å²) in [6.07, 6.45) is 1.78. The van der Waals surface area contributed by atoms with E-state index in [1.54, 1.807) is 33.1 Å². The van der Waals surface area contributed by atoms with Crippen LogP contribution < -0.4 is 10.1 Å². The highest BCUT2D eigenvalue weighted by Crippen LogP contribution is 2.34. The Kier molecular flexibility index (Phi) is 6.17. The molecule has 0 bridgehead atoms. The molecule has 8 nitrogen and oxygen atoms in total. The Hall–Kier alpha value is -2.52. The van der Waals surface area contributed by atoms with E-state index in [2.05, 4.69) is 5.32 Å². The van der Waals surface area contributed by atoms with E-state index in [9.17, 15) is 20.0 Å². The van der Waals surface area contributed by atoms with Crippen LogP contribution in [0.5, 0.6) is 5.75 Å². The Bertz CT molecular complexity index is 875. The molecule has 2 N–H and O–H groups in total. The van der Waals surface area contributed by atoms with E-state index in [-0.39, 0.29) is 17.8 Å². The van der Waals surface area contributed by atoms with Gasteiger partial charge >= 0.3 is 0 Å². The largest absolute Gasteiger partial charge is 0.495 e. The lowest BCUT2D eigenvalue weighted by Gasteiger charge is -2.23. The number of methoxy groups -OCH3 is 1. The molecule has 0 fully saturated rings. The molecule has 0 saturated heterocycles. The van der Waals surface area contributed by atoms with Gasteiger partial charge in [-0.05, 0) is 39.2 Å². The van der Waals surface area contributed by atoms with Crippen LogP contribution >= 0.6 is 11.8 Å². The molecule has 0 radical (unpaired) electrons. The fourth-order valence-electron chi connectivity index (χ4n) is 2.81. The number of hydrogen-bond donors (Lipinski definition) is 2. The third-order valence-corrected chi connectivity index (χ3v) is 4.92. The van der Waals surface area contributed by atoms with Crippen molar-refractivity contribution >= 4 is 23.4 Å². The predicted octanol–water partition coefficient (Wildman–Crippen LogP) is 3.17. The molecular weight excluding hydrogens is 372 g/mol. The maximum Gasteiger partial charge on any atom is 0.285 e. The first-order valence-corrected chi connectivity index (χ1v) is 9.31. The number of nitrogens with zero attached hydrogens (tertiary/aromatic N) is 1. The van der Waals surface area contributed by atoms with Gasteiger partial charge in [-0.1, -0.05) is 0 Å². The summed E-state index contributed by atoms with van der Waals surface area (Å²) in [5, 5.41) is 24.6. The zero-order valence-corrected chi connectivity index (χ0v) is 16.6. The topological polar surface area (TPSA) is 115 Å². The molecule has 1 atom stereocenters. The van der Waals surface area contributed by atoms with Crippen LogP contribution in [0.3, 0.4) is 0 Å². The van der Waals surface area contributed by atoms with E-state index in [0.717, 1.165) is 0 Å². The smallest absolute Gasteiger partial charge is 0.285 e. The van der Waals surface area contributed by atoms with Crippen molar-refractivity contribution in [2.75, 3.05) is 19.9 Å². The molecule has 1 aromatic heterocycles. The standard InChI is InChI=1S/C18H22N2O6S/c1-10-6-13(11(2)26-10)18(3,22)9-19-17(21)12-7-16(27-5)15(25-4)8-14(12)20(23)24/h6-8,22H,9H2,1-5H3,(H,19,21)/t18-/m0/s1. The molecule has 0 unspecified atom stereocenters. The van der Waals surface area contributed by atoms with Crippen LogP contribution in [-0.2, 0) is 5.60 Å². The second-order valence-corrected chi connectivity index (χ2v) is 7.11. The van der Waals surface area contributed by atoms with Crippen LogP contribution in [0.15, 0.2) is 27.5 Å². The van der Waals surface area contributed by atoms with Crippen molar-refractivity contribution in [3.63, 3.8) is 0 Å². The molecule has 2 rings (SSSR count). The number of thioether (sulfide) groups is 1. The van der Waals surface area contributed by atoms with Crippen molar-refractivity contribution < 1.29 is 24.0 Å². The normalized spacial score (nSPS) is 13.1. The van der Waals surface area contributed by atoms with Gasteiger partial charge in [0.2, 0.25) is 0 Å². The number of nitro groups is 1. The molecule has 0 aliphatic carbocycles. The molecule has 1 aromatic carbocycles. The molecule has 0 aliphatic heterocycles. The minimum atomic E-state index is -1.39. The zero-order valence-electron chi connectivity index (χ0n) is 15.8. The van der Waals surface area contributed by atoms with Crippen LogP contribution in [-0.4, -0.2) is 35.8 Å². The van der Waals surface area contributed by atoms with Gasteiger partial charge in [-0.25, -0.2) is 0 Å². The van der Waals surface area contributed by atoms with E-state index in [1.807, 2.05) is 0 Å². The van der Waals surface area contributed by atoms with Crippen molar-refractivity contribution in [2.45, 2.75) is 31.3 Å². The summed E-state index contributed by atoms with van der Waals surface area (Å²) in [5.74, 6) is 0.858. The molecule has 146 valence electrons. The van der Waals surface area contributed by atoms with E-state index < -0.39 is 16.4 Å². The lowest BCUT2D eigenvalue weighted by Crippen LogP contribution is -2.39. The van der Waals surface area contributed by atoms with Crippen LogP contribution in [0, 0.1) is 24.0 Å². The van der Waals surface area contributed by atoms with Crippen LogP contribution in [0.25, 0.3) is 0 Å². The Labute approximate surface area is 161 Å². The summed E-state index contributed by atoms with van der Waals surface area (Å²) in [7, 11) is 1.41. The molecule has 0 spiro atoms. The fourth-order valence-corrected chi connectivity index (χ4v) is 3.39. The van der Waals surface area contributed by atoms with Crippen molar-refractivity contribution in [1.29, 1.82) is 0 Å². The molecular formula is C18H22N2O6S. The number of ether oxygens (including phenoxy) is 1. The van der Waals surface area contributed by atoms with Gasteiger partial charge < -0.3 is 19.6 Å². The Balaban J connectivity index is 2.29. The number of amides is 1. The number of aliphatic hydroxyl groups is 1. The molecule has 1 heterocycles. The summed E-state index contributed by atoms with van der Waals surface area (Å²) in [5.41, 5.74) is -1.30. The zero-order chi connectivity index (χ0) is 20.4. The second kappa shape index (κ2) is 8.01. The summed E-state index contributed by atoms with van der Waals surface area (Å²) >= 11 is 1.31. The average Bonchev–Trinajstić information content (AvgIpc) is 2.97. The van der Waals surface area contributed by atoms with Gasteiger partial charge in [0.05, 0.1) is 29.5 Å². The van der Waals surface area contributed by atoms with Crippen molar-refractivity contribution in [3.05, 3.63) is 51.0 Å². The number of benzene rings is 1. The molecule has 2 aromatic rings. The van der Waals surface area contributed by atoms with Crippen LogP contribution in [0.2, 0.25) is 0 Å². The van der Waals surface area contributed by atoms with E-state index >= 15 is 0 Å². The Morgan fingerprint density at radius 1 is 1.41 bits per heavy atom. The van der Waals surface area contributed by atoms with Gasteiger partial charge in [0.1, 0.15) is 28.4 Å². The van der Waals surface area contributed by atoms with Gasteiger partial charge in [0.15, 0.2) is 0 Å². The number of hydrogen-bond acceptors (Lipinski definition) is 7. The van der Waals surface area contributed by atoms with E-state index in [0.29, 0.717) is 27.7 Å². The van der Waals surface area contributed by atoms with Gasteiger partial charge in [0, 0.05) is 5.56 Å². The average molecular weight is 394 g/mol. The SMILES string of the molecule is COc1cc([N+](=O)[O-])c(C(=O)NC[C@](C)(O)c2cc(C)oc2C)cc1SC. The lowest BCUT2D eigenvalue weighted by atomic mass is 9.96. The van der Waals surface area contributed by atoms with Crippen LogP contribution in [0.4, 0.5) is 5.69 Å². The maximum absolute atomic E-state index is 12.6. The van der Waals surface area contributed by atoms with Crippen LogP contribution in [0.1, 0.15) is 34.4 Å². The van der Waals surface area contributed by atoms with Gasteiger partial charge in [-0.2, -0.15) is 0 Å². The highest BCUT2D eigenvalue weighted by Gasteiger charge is 2.30. The third-order valence-electron chi connectivity index (χ3n) is 4.16. The molecule has 0 saturated carbocycles. The summed E-state index contributed by atoms with van der Waals surface area (Å²) in [6, 6.07) is 4.34. The number of carbonyl (C=O) groups excluding carboxylic acids is 1. The van der Waals surface area contributed by atoms with Gasteiger partial charge in [-0.15, -0.1) is 11.8 Å². The Morgan fingerprint density at radius 3 is 2.56 bits per heavy atom. The number of nitrogens with one attached hydrogen (secondary N) is 1. The number of aryl methyl sites for hydroxylation is 2. The number of nitro benzene ring substituents is 1. The maximum atomic E-state index is 12.6. The monoisotopic (exact) mass is 394 g/mol. The minimum absolute atomic E-state index is 0.0963. The predicted molar refractivity (Wildman–Crippen MR) is 102 cm³/mol. The number of rotatable bonds is 7. The first-order chi connectivity index (χ1) is 12.6. The highest BCUT2D eigenvalue weighted by molar-refractivity contribution is 7.98. The van der Waals surface area contributed by atoms with Crippen molar-refractivity contribution in [2.24, 2.45) is 0 Å². The molecule has 27 heavy (non-hydrogen) atoms. The summed E-state index contributed by atoms with van der Waals surface area (Å²) < 4.78 is 10.6. The highest BCUT2D eigenvalue weighted by atomic mass is 32.2. The third kappa shape index (κ3) is 4.42. The molecule has 1 amide bonds. The van der Waals surface area contributed by atoms with Crippen molar-refractivity contribution in [3.8, 4) is 5.75 Å². The first kappa shape index (κ1) is 20.8. The van der Waals surface area contributed by atoms with Gasteiger partial charge in [-0.3, -0.25) is 14.9 Å². The lowest BCUT2D eigenvalue weighted by molar-refractivity contribution is -0.385. The molecule has 0 aliphatic rings. The number of furan rings is 1. The number of carbonyl (C=O) groups is 1. The second-order valence-electron chi connectivity index (χ2n) is 6.26. The summed E-state index contributed by atoms with van der Waals surface area (Å²) in [6.45, 7) is 4.89. The quantitative estimate of drug-likeness (QED) is 0.421.